The summed E-state index contributed by atoms with van der Waals surface area (Å²) in [5.74, 6) is 4.79. The van der Waals surface area contributed by atoms with Crippen LogP contribution < -0.4 is 5.84 Å². The molecule has 1 aromatic heterocycles. The van der Waals surface area contributed by atoms with Crippen LogP contribution in [0.3, 0.4) is 0 Å². The molecule has 12 nitrogen and oxygen atoms in total. The van der Waals surface area contributed by atoms with Gasteiger partial charge >= 0.3 is 5.97 Å². The molecule has 0 aliphatic carbocycles. The lowest BCUT2D eigenvalue weighted by molar-refractivity contribution is -0.138. The fourth-order valence-corrected chi connectivity index (χ4v) is 3.98. The number of likely N-dealkylation sites (tertiary alicyclic amines) is 1. The Kier molecular flexibility index (Phi) is 6.06. The molecule has 0 saturated carbocycles. The Morgan fingerprint density at radius 3 is 2.75 bits per heavy atom. The summed E-state index contributed by atoms with van der Waals surface area (Å²) in [6, 6.07) is 3.42. The lowest BCUT2D eigenvalue weighted by Gasteiger charge is -2.37. The fraction of sp³-hybridized carbons (Fsp3) is 0.450. The second kappa shape index (κ2) is 8.93. The number of β-amino-alcohol motifs (C(OH)–C–C–N with tert-alkyl or cyclic N) is 1. The SMILES string of the molecule is CC1=C(N2N=CC3(CCN(C[C@H](O)c4ccc(N=CN=NN)nc4)CC3)C2=O)COC1=O. The number of aliphatic hydroxyl groups excluding tert-OH is 1. The van der Waals surface area contributed by atoms with Crippen LogP contribution in [0.1, 0.15) is 31.4 Å². The zero-order valence-corrected chi connectivity index (χ0v) is 17.6. The molecule has 0 unspecified atom stereocenters. The van der Waals surface area contributed by atoms with Crippen molar-refractivity contribution in [1.82, 2.24) is 14.9 Å². The number of hydrazone groups is 1. The first-order valence-electron chi connectivity index (χ1n) is 10.2. The first-order chi connectivity index (χ1) is 15.4. The minimum Gasteiger partial charge on any atom is -0.456 e. The monoisotopic (exact) mass is 440 g/mol. The van der Waals surface area contributed by atoms with Gasteiger partial charge in [-0.3, -0.25) is 4.79 Å². The summed E-state index contributed by atoms with van der Waals surface area (Å²) in [4.78, 5) is 35.0. The maximum absolute atomic E-state index is 13.1. The molecule has 4 rings (SSSR count). The Morgan fingerprint density at radius 2 is 2.12 bits per heavy atom. The van der Waals surface area contributed by atoms with Crippen molar-refractivity contribution in [3.05, 3.63) is 35.2 Å². The average molecular weight is 440 g/mol. The zero-order chi connectivity index (χ0) is 22.7. The number of pyridine rings is 1. The molecule has 1 saturated heterocycles. The van der Waals surface area contributed by atoms with Crippen LogP contribution in [0.15, 0.2) is 50.0 Å². The number of esters is 1. The molecule has 1 amide bonds. The summed E-state index contributed by atoms with van der Waals surface area (Å²) in [6.45, 7) is 3.40. The zero-order valence-electron chi connectivity index (χ0n) is 17.6. The minimum atomic E-state index is -0.725. The van der Waals surface area contributed by atoms with Crippen molar-refractivity contribution in [2.45, 2.75) is 25.9 Å². The Hall–Kier alpha value is -3.51. The molecule has 0 aromatic carbocycles. The number of carbonyl (C=O) groups excluding carboxylic acids is 2. The molecular formula is C20H24N8O4. The normalized spacial score (nSPS) is 22.1. The number of hydrogen-bond acceptors (Lipinski definition) is 9. The number of aliphatic hydroxyl groups is 1. The topological polar surface area (TPSA) is 158 Å². The molecule has 1 fully saturated rings. The van der Waals surface area contributed by atoms with Gasteiger partial charge in [0.25, 0.3) is 5.91 Å². The Labute approximate surface area is 184 Å². The third kappa shape index (κ3) is 4.14. The Balaban J connectivity index is 1.33. The van der Waals surface area contributed by atoms with E-state index in [1.54, 1.807) is 31.5 Å². The van der Waals surface area contributed by atoms with Gasteiger partial charge in [-0.05, 0) is 38.9 Å². The van der Waals surface area contributed by atoms with Crippen molar-refractivity contribution in [2.75, 3.05) is 26.2 Å². The maximum Gasteiger partial charge on any atom is 0.336 e. The molecule has 0 radical (unpaired) electrons. The summed E-state index contributed by atoms with van der Waals surface area (Å²) in [5, 5.41) is 22.7. The summed E-state index contributed by atoms with van der Waals surface area (Å²) < 4.78 is 5.01. The molecule has 1 spiro atoms. The van der Waals surface area contributed by atoms with Gasteiger partial charge in [0.15, 0.2) is 5.82 Å². The third-order valence-electron chi connectivity index (χ3n) is 6.02. The number of aliphatic imine (C=N–C) groups is 1. The Morgan fingerprint density at radius 1 is 1.34 bits per heavy atom. The van der Waals surface area contributed by atoms with E-state index in [-0.39, 0.29) is 12.5 Å². The smallest absolute Gasteiger partial charge is 0.336 e. The van der Waals surface area contributed by atoms with Crippen LogP contribution in [0.5, 0.6) is 0 Å². The predicted molar refractivity (Wildman–Crippen MR) is 113 cm³/mol. The van der Waals surface area contributed by atoms with E-state index in [2.05, 4.69) is 30.3 Å². The van der Waals surface area contributed by atoms with Crippen molar-refractivity contribution < 1.29 is 19.4 Å². The molecule has 3 N–H and O–H groups in total. The van der Waals surface area contributed by atoms with E-state index in [0.717, 1.165) is 0 Å². The summed E-state index contributed by atoms with van der Waals surface area (Å²) in [5.41, 5.74) is 0.921. The van der Waals surface area contributed by atoms with E-state index in [1.165, 1.54) is 11.3 Å². The number of cyclic esters (lactones) is 1. The highest BCUT2D eigenvalue weighted by Crippen LogP contribution is 2.38. The molecule has 32 heavy (non-hydrogen) atoms. The highest BCUT2D eigenvalue weighted by molar-refractivity contribution is 6.04. The molecule has 3 aliphatic heterocycles. The van der Waals surface area contributed by atoms with Crippen molar-refractivity contribution in [3.8, 4) is 0 Å². The van der Waals surface area contributed by atoms with Gasteiger partial charge in [-0.15, -0.1) is 5.11 Å². The number of piperidine rings is 1. The van der Waals surface area contributed by atoms with Gasteiger partial charge in [-0.2, -0.15) is 5.10 Å². The van der Waals surface area contributed by atoms with Crippen LogP contribution in [0.4, 0.5) is 5.82 Å². The first-order valence-corrected chi connectivity index (χ1v) is 10.2. The van der Waals surface area contributed by atoms with Crippen LogP contribution in [0.2, 0.25) is 0 Å². The summed E-state index contributed by atoms with van der Waals surface area (Å²) >= 11 is 0. The second-order valence-corrected chi connectivity index (χ2v) is 7.91. The average Bonchev–Trinajstić information content (AvgIpc) is 3.29. The third-order valence-corrected chi connectivity index (χ3v) is 6.02. The van der Waals surface area contributed by atoms with Crippen LogP contribution in [0.25, 0.3) is 0 Å². The number of rotatable bonds is 6. The van der Waals surface area contributed by atoms with E-state index in [0.29, 0.717) is 55.1 Å². The number of amides is 1. The van der Waals surface area contributed by atoms with Crippen molar-refractivity contribution >= 4 is 30.2 Å². The molecule has 0 bridgehead atoms. The van der Waals surface area contributed by atoms with Gasteiger partial charge < -0.3 is 20.6 Å². The van der Waals surface area contributed by atoms with Gasteiger partial charge in [0.05, 0.1) is 22.8 Å². The number of carbonyl (C=O) groups is 2. The van der Waals surface area contributed by atoms with Gasteiger partial charge in [-0.25, -0.2) is 19.8 Å². The highest BCUT2D eigenvalue weighted by Gasteiger charge is 2.48. The van der Waals surface area contributed by atoms with E-state index < -0.39 is 17.5 Å². The van der Waals surface area contributed by atoms with Gasteiger partial charge in [0.1, 0.15) is 12.9 Å². The van der Waals surface area contributed by atoms with Gasteiger partial charge in [-0.1, -0.05) is 11.3 Å². The predicted octanol–water partition coefficient (Wildman–Crippen LogP) is 0.842. The fourth-order valence-electron chi connectivity index (χ4n) is 3.98. The van der Waals surface area contributed by atoms with E-state index >= 15 is 0 Å². The maximum atomic E-state index is 13.1. The molecule has 1 atom stereocenters. The number of aromatic nitrogens is 1. The molecule has 1 aromatic rings. The van der Waals surface area contributed by atoms with Crippen LogP contribution >= 0.6 is 0 Å². The van der Waals surface area contributed by atoms with Crippen LogP contribution in [-0.4, -0.2) is 70.7 Å². The summed E-state index contributed by atoms with van der Waals surface area (Å²) in [6.07, 6.45) is 4.89. The minimum absolute atomic E-state index is 0.0669. The molecule has 4 heterocycles. The van der Waals surface area contributed by atoms with Gasteiger partial charge in [0.2, 0.25) is 0 Å². The number of nitrogens with zero attached hydrogens (tertiary/aromatic N) is 7. The largest absolute Gasteiger partial charge is 0.456 e. The quantitative estimate of drug-likeness (QED) is 0.166. The standard InChI is InChI=1S/C20H24N8O4/c1-13-15(10-32-18(13)30)28-19(31)20(11-25-28)4-6-27(7-5-20)9-16(29)14-2-3-17(22-8-14)23-12-24-26-21/h2-3,8,11-12,16,29H,4-7,9-10H2,1H3,(H2,21,22,23,24)/t16-/m0/s1. The highest BCUT2D eigenvalue weighted by atomic mass is 16.5. The molecule has 3 aliphatic rings. The van der Waals surface area contributed by atoms with Crippen molar-refractivity contribution in [2.24, 2.45) is 31.7 Å². The molecule has 168 valence electrons. The van der Waals surface area contributed by atoms with Gasteiger partial charge in [0, 0.05) is 24.5 Å². The first kappa shape index (κ1) is 21.7. The number of hydrogen-bond donors (Lipinski definition) is 2. The second-order valence-electron chi connectivity index (χ2n) is 7.91. The number of nitrogens with two attached hydrogens (primary N) is 1. The van der Waals surface area contributed by atoms with Crippen LogP contribution in [-0.2, 0) is 14.3 Å². The summed E-state index contributed by atoms with van der Waals surface area (Å²) in [7, 11) is 0. The van der Waals surface area contributed by atoms with Crippen LogP contribution in [0, 0.1) is 5.41 Å². The van der Waals surface area contributed by atoms with E-state index in [9.17, 15) is 14.7 Å². The number of ether oxygens (including phenoxy) is 1. The van der Waals surface area contributed by atoms with Crippen molar-refractivity contribution in [1.29, 1.82) is 0 Å². The van der Waals surface area contributed by atoms with E-state index in [1.807, 2.05) is 0 Å². The Bertz CT molecular complexity index is 1010. The lowest BCUT2D eigenvalue weighted by atomic mass is 9.79. The van der Waals surface area contributed by atoms with Crippen molar-refractivity contribution in [3.63, 3.8) is 0 Å². The molecule has 12 heteroatoms. The lowest BCUT2D eigenvalue weighted by Crippen LogP contribution is -2.47. The molecular weight excluding hydrogens is 416 g/mol. The van der Waals surface area contributed by atoms with E-state index in [4.69, 9.17) is 10.6 Å².